The van der Waals surface area contributed by atoms with Gasteiger partial charge in [-0.25, -0.2) is 9.78 Å². The summed E-state index contributed by atoms with van der Waals surface area (Å²) in [6, 6.07) is 10.3. The van der Waals surface area contributed by atoms with Gasteiger partial charge in [-0.15, -0.1) is 0 Å². The van der Waals surface area contributed by atoms with Crippen molar-refractivity contribution in [2.45, 2.75) is 19.9 Å². The molecule has 3 heterocycles. The number of amides is 1. The van der Waals surface area contributed by atoms with Crippen LogP contribution >= 0.6 is 27.3 Å². The summed E-state index contributed by atoms with van der Waals surface area (Å²) >= 11 is 4.17. The second-order valence-electron chi connectivity index (χ2n) is 8.50. The van der Waals surface area contributed by atoms with Gasteiger partial charge in [0.15, 0.2) is 28.1 Å². The lowest BCUT2D eigenvalue weighted by Crippen LogP contribution is -2.31. The molecular weight excluding hydrogens is 592 g/mol. The zero-order valence-electron chi connectivity index (χ0n) is 20.9. The Hall–Kier alpha value is -4.16. The van der Waals surface area contributed by atoms with Crippen LogP contribution in [0.4, 0.5) is 5.13 Å². The highest BCUT2D eigenvalue weighted by molar-refractivity contribution is 9.10. The predicted molar refractivity (Wildman–Crippen MR) is 146 cm³/mol. The molecule has 1 atom stereocenters. The van der Waals surface area contributed by atoms with Gasteiger partial charge in [0.25, 0.3) is 5.91 Å². The number of halogens is 1. The molecule has 12 heteroatoms. The molecule has 1 amide bonds. The Labute approximate surface area is 234 Å². The van der Waals surface area contributed by atoms with Crippen LogP contribution in [0.2, 0.25) is 0 Å². The molecule has 10 nitrogen and oxygen atoms in total. The molecule has 0 bridgehead atoms. The SMILES string of the molecule is CCOC(=O)c1sc(N2C(=O)C(O)=C(C(=O)c3cc4ccccc4o3)C2c2cc(Br)c(O)c(OC)c2)nc1C. The highest BCUT2D eigenvalue weighted by Gasteiger charge is 2.47. The van der Waals surface area contributed by atoms with Gasteiger partial charge in [-0.1, -0.05) is 29.5 Å². The molecule has 200 valence electrons. The van der Waals surface area contributed by atoms with Gasteiger partial charge in [-0.05, 0) is 59.6 Å². The van der Waals surface area contributed by atoms with Crippen LogP contribution in [0.3, 0.4) is 0 Å². The zero-order chi connectivity index (χ0) is 28.0. The maximum atomic E-state index is 13.8. The van der Waals surface area contributed by atoms with Gasteiger partial charge in [-0.2, -0.15) is 0 Å². The number of rotatable bonds is 7. The Morgan fingerprint density at radius 2 is 1.95 bits per heavy atom. The largest absolute Gasteiger partial charge is 0.503 e. The number of methoxy groups -OCH3 is 1. The topological polar surface area (TPSA) is 139 Å². The van der Waals surface area contributed by atoms with Gasteiger partial charge in [-0.3, -0.25) is 14.5 Å². The van der Waals surface area contributed by atoms with Crippen molar-refractivity contribution in [3.63, 3.8) is 0 Å². The van der Waals surface area contributed by atoms with E-state index >= 15 is 0 Å². The molecule has 0 fully saturated rings. The maximum absolute atomic E-state index is 13.8. The molecular formula is C27H21BrN2O8S. The second kappa shape index (κ2) is 10.2. The van der Waals surface area contributed by atoms with E-state index in [1.54, 1.807) is 38.1 Å². The number of benzene rings is 2. The van der Waals surface area contributed by atoms with E-state index in [9.17, 15) is 24.6 Å². The van der Waals surface area contributed by atoms with E-state index in [-0.39, 0.29) is 43.9 Å². The van der Waals surface area contributed by atoms with Gasteiger partial charge < -0.3 is 24.1 Å². The van der Waals surface area contributed by atoms with Crippen molar-refractivity contribution in [3.8, 4) is 11.5 Å². The summed E-state index contributed by atoms with van der Waals surface area (Å²) in [6.07, 6.45) is 0. The fraction of sp³-hybridized carbons (Fsp3) is 0.185. The Bertz CT molecular complexity index is 1660. The van der Waals surface area contributed by atoms with E-state index in [0.717, 1.165) is 16.2 Å². The van der Waals surface area contributed by atoms with Crippen molar-refractivity contribution in [3.05, 3.63) is 80.2 Å². The van der Waals surface area contributed by atoms with E-state index in [1.165, 1.54) is 25.3 Å². The smallest absolute Gasteiger partial charge is 0.350 e. The number of thiazole rings is 1. The quantitative estimate of drug-likeness (QED) is 0.200. The summed E-state index contributed by atoms with van der Waals surface area (Å²) in [7, 11) is 1.35. The fourth-order valence-electron chi connectivity index (χ4n) is 4.35. The number of aromatic nitrogens is 1. The van der Waals surface area contributed by atoms with Crippen molar-refractivity contribution in [1.29, 1.82) is 0 Å². The van der Waals surface area contributed by atoms with E-state index in [1.807, 2.05) is 0 Å². The summed E-state index contributed by atoms with van der Waals surface area (Å²) in [4.78, 5) is 45.5. The van der Waals surface area contributed by atoms with Crippen LogP contribution in [0.1, 0.15) is 44.4 Å². The number of anilines is 1. The van der Waals surface area contributed by atoms with Gasteiger partial charge in [0.05, 0.1) is 35.5 Å². The molecule has 0 saturated carbocycles. The lowest BCUT2D eigenvalue weighted by Gasteiger charge is -2.25. The number of nitrogens with zero attached hydrogens (tertiary/aromatic N) is 2. The summed E-state index contributed by atoms with van der Waals surface area (Å²) in [5.41, 5.74) is 0.839. The first-order chi connectivity index (χ1) is 18.7. The number of ketones is 1. The first-order valence-electron chi connectivity index (χ1n) is 11.7. The Balaban J connectivity index is 1.69. The van der Waals surface area contributed by atoms with E-state index in [0.29, 0.717) is 22.2 Å². The summed E-state index contributed by atoms with van der Waals surface area (Å²) in [5, 5.41) is 22.2. The predicted octanol–water partition coefficient (Wildman–Crippen LogP) is 5.63. The molecule has 2 N–H and O–H groups in total. The third-order valence-electron chi connectivity index (χ3n) is 6.14. The third-order valence-corrected chi connectivity index (χ3v) is 7.88. The lowest BCUT2D eigenvalue weighted by molar-refractivity contribution is -0.117. The molecule has 2 aromatic carbocycles. The lowest BCUT2D eigenvalue weighted by atomic mass is 9.95. The van der Waals surface area contributed by atoms with Crippen LogP contribution in [-0.4, -0.2) is 46.6 Å². The molecule has 1 aliphatic rings. The molecule has 0 saturated heterocycles. The molecule has 0 radical (unpaired) electrons. The molecule has 39 heavy (non-hydrogen) atoms. The molecule has 4 aromatic rings. The Morgan fingerprint density at radius 3 is 2.64 bits per heavy atom. The van der Waals surface area contributed by atoms with Crippen LogP contribution in [0, 0.1) is 6.92 Å². The van der Waals surface area contributed by atoms with Crippen molar-refractivity contribution < 1.29 is 38.5 Å². The molecule has 2 aromatic heterocycles. The summed E-state index contributed by atoms with van der Waals surface area (Å²) < 4.78 is 16.4. The standard InChI is InChI=1S/C27H21BrN2O8S/c1-4-37-26(35)24-12(2)29-27(39-24)30-20(14-9-15(28)21(31)17(11-14)36-3)19(23(33)25(30)34)22(32)18-10-13-7-5-6-8-16(13)38-18/h5-11,20,31,33H,4H2,1-3H3. The molecule has 5 rings (SSSR count). The van der Waals surface area contributed by atoms with Crippen molar-refractivity contribution in [1.82, 2.24) is 4.98 Å². The first kappa shape index (κ1) is 26.4. The minimum absolute atomic E-state index is 0.0627. The number of fused-ring (bicyclic) bond motifs is 1. The summed E-state index contributed by atoms with van der Waals surface area (Å²) in [6.45, 7) is 3.41. The van der Waals surface area contributed by atoms with Crippen LogP contribution in [0.15, 0.2) is 62.7 Å². The van der Waals surface area contributed by atoms with Gasteiger partial charge in [0.2, 0.25) is 5.78 Å². The molecule has 1 unspecified atom stereocenters. The van der Waals surface area contributed by atoms with E-state index < -0.39 is 29.5 Å². The number of phenolic OH excluding ortho intramolecular Hbond substituents is 1. The van der Waals surface area contributed by atoms with Gasteiger partial charge in [0.1, 0.15) is 10.5 Å². The first-order valence-corrected chi connectivity index (χ1v) is 13.3. The monoisotopic (exact) mass is 612 g/mol. The number of esters is 1. The van der Waals surface area contributed by atoms with Gasteiger partial charge >= 0.3 is 5.97 Å². The number of aromatic hydroxyl groups is 1. The molecule has 1 aliphatic heterocycles. The summed E-state index contributed by atoms with van der Waals surface area (Å²) in [5.74, 6) is -3.21. The average Bonchev–Trinajstić information content (AvgIpc) is 3.59. The minimum atomic E-state index is -1.20. The van der Waals surface area contributed by atoms with Crippen LogP contribution < -0.4 is 9.64 Å². The number of aryl methyl sites for hydroxylation is 1. The minimum Gasteiger partial charge on any atom is -0.503 e. The van der Waals surface area contributed by atoms with E-state index in [4.69, 9.17) is 13.9 Å². The van der Waals surface area contributed by atoms with Gasteiger partial charge in [0, 0.05) is 5.39 Å². The van der Waals surface area contributed by atoms with Crippen LogP contribution in [-0.2, 0) is 9.53 Å². The number of aliphatic hydroxyl groups is 1. The second-order valence-corrected chi connectivity index (χ2v) is 10.3. The number of hydrogen-bond donors (Lipinski definition) is 2. The van der Waals surface area contributed by atoms with Crippen molar-refractivity contribution in [2.75, 3.05) is 18.6 Å². The number of ether oxygens (including phenoxy) is 2. The number of hydrogen-bond acceptors (Lipinski definition) is 10. The third kappa shape index (κ3) is 4.45. The average molecular weight is 613 g/mol. The number of carbonyl (C=O) groups is 3. The normalized spacial score (nSPS) is 15.3. The molecule has 0 spiro atoms. The Morgan fingerprint density at radius 1 is 1.21 bits per heavy atom. The number of phenols is 1. The molecule has 0 aliphatic carbocycles. The number of furan rings is 1. The fourth-order valence-corrected chi connectivity index (χ4v) is 5.80. The number of Topliss-reactive ketones (excluding diaryl/α,β-unsaturated/α-hetero) is 1. The van der Waals surface area contributed by atoms with Crippen LogP contribution in [0.5, 0.6) is 11.5 Å². The zero-order valence-corrected chi connectivity index (χ0v) is 23.3. The maximum Gasteiger partial charge on any atom is 0.350 e. The van der Waals surface area contributed by atoms with Crippen molar-refractivity contribution in [2.24, 2.45) is 0 Å². The van der Waals surface area contributed by atoms with E-state index in [2.05, 4.69) is 20.9 Å². The Kier molecular flexibility index (Phi) is 6.91. The highest BCUT2D eigenvalue weighted by Crippen LogP contribution is 2.47. The number of carbonyl (C=O) groups excluding carboxylic acids is 3. The highest BCUT2D eigenvalue weighted by atomic mass is 79.9. The van der Waals surface area contributed by atoms with Crippen LogP contribution in [0.25, 0.3) is 11.0 Å². The van der Waals surface area contributed by atoms with Crippen molar-refractivity contribution >= 4 is 61.0 Å². The number of para-hydroxylation sites is 1. The number of aliphatic hydroxyl groups excluding tert-OH is 1.